The summed E-state index contributed by atoms with van der Waals surface area (Å²) < 4.78 is 9.51. The summed E-state index contributed by atoms with van der Waals surface area (Å²) in [6.45, 7) is 0. The molecule has 1 saturated heterocycles. The van der Waals surface area contributed by atoms with Crippen LogP contribution in [0, 0.1) is 0 Å². The number of carbonyl (C=O) groups is 2. The van der Waals surface area contributed by atoms with E-state index in [1.807, 2.05) is 6.07 Å². The molecule has 0 bridgehead atoms. The number of hydrogen-bond donors (Lipinski definition) is 0. The second kappa shape index (κ2) is 3.49. The lowest BCUT2D eigenvalue weighted by Crippen LogP contribution is -2.41. The van der Waals surface area contributed by atoms with Crippen LogP contribution >= 0.6 is 0 Å². The van der Waals surface area contributed by atoms with Crippen LogP contribution in [0.3, 0.4) is 0 Å². The Morgan fingerprint density at radius 1 is 1.36 bits per heavy atom. The maximum atomic E-state index is 11.2. The largest absolute Gasteiger partial charge is 0.450 e. The average Bonchev–Trinajstić information content (AvgIpc) is 2.14. The second-order valence-electron chi connectivity index (χ2n) is 2.92. The molecule has 4 nitrogen and oxygen atoms in total. The summed E-state index contributed by atoms with van der Waals surface area (Å²) in [6, 6.07) is 8.67. The van der Waals surface area contributed by atoms with Gasteiger partial charge in [0.1, 0.15) is 5.75 Å². The lowest BCUT2D eigenvalue weighted by atomic mass is 10.2. The molecule has 1 aromatic rings. The molecule has 0 radical (unpaired) electrons. The van der Waals surface area contributed by atoms with Crippen molar-refractivity contribution in [1.82, 2.24) is 0 Å². The van der Waals surface area contributed by atoms with E-state index in [1.54, 1.807) is 24.3 Å². The molecular weight excluding hydrogens is 184 g/mol. The van der Waals surface area contributed by atoms with Crippen molar-refractivity contribution >= 4 is 11.9 Å². The van der Waals surface area contributed by atoms with E-state index in [2.05, 4.69) is 4.74 Å². The molecule has 0 spiro atoms. The van der Waals surface area contributed by atoms with E-state index >= 15 is 0 Å². The van der Waals surface area contributed by atoms with Crippen LogP contribution in [-0.4, -0.2) is 18.0 Å². The zero-order valence-electron chi connectivity index (χ0n) is 7.30. The second-order valence-corrected chi connectivity index (χ2v) is 2.92. The average molecular weight is 192 g/mol. The Labute approximate surface area is 80.4 Å². The highest BCUT2D eigenvalue weighted by molar-refractivity contribution is 5.90. The number of cyclic esters (lactones) is 1. The first kappa shape index (κ1) is 8.74. The molecule has 1 aliphatic rings. The predicted molar refractivity (Wildman–Crippen MR) is 46.6 cm³/mol. The molecule has 1 heterocycles. The minimum Gasteiger partial charge on any atom is -0.450 e. The van der Waals surface area contributed by atoms with E-state index in [4.69, 9.17) is 4.74 Å². The number of rotatable bonds is 2. The van der Waals surface area contributed by atoms with Crippen molar-refractivity contribution < 1.29 is 19.1 Å². The summed E-state index contributed by atoms with van der Waals surface area (Å²) in [5.41, 5.74) is 0. The van der Waals surface area contributed by atoms with Gasteiger partial charge >= 0.3 is 11.9 Å². The predicted octanol–water partition coefficient (Wildman–Crippen LogP) is 0.907. The number of para-hydroxylation sites is 1. The molecule has 0 aromatic heterocycles. The molecule has 0 saturated carbocycles. The lowest BCUT2D eigenvalue weighted by Gasteiger charge is -2.23. The Balaban J connectivity index is 1.92. The molecular formula is C10H8O4. The van der Waals surface area contributed by atoms with Crippen LogP contribution in [0.2, 0.25) is 0 Å². The van der Waals surface area contributed by atoms with Gasteiger partial charge in [-0.05, 0) is 12.1 Å². The Hall–Kier alpha value is -1.84. The standard InChI is InChI=1S/C10H8O4/c11-9-6-8(14-9)10(12)13-7-4-2-1-3-5-7/h1-5,8H,6H2. The van der Waals surface area contributed by atoms with Crippen LogP contribution in [0.25, 0.3) is 0 Å². The zero-order valence-corrected chi connectivity index (χ0v) is 7.30. The highest BCUT2D eigenvalue weighted by Gasteiger charge is 2.36. The molecule has 72 valence electrons. The van der Waals surface area contributed by atoms with Crippen molar-refractivity contribution in [3.05, 3.63) is 30.3 Å². The zero-order chi connectivity index (χ0) is 9.97. The minimum absolute atomic E-state index is 0.117. The Bertz CT molecular complexity index is 350. The van der Waals surface area contributed by atoms with Crippen LogP contribution in [0.15, 0.2) is 30.3 Å². The third-order valence-corrected chi connectivity index (χ3v) is 1.85. The summed E-state index contributed by atoms with van der Waals surface area (Å²) in [5, 5.41) is 0. The van der Waals surface area contributed by atoms with E-state index < -0.39 is 12.1 Å². The summed E-state index contributed by atoms with van der Waals surface area (Å²) in [6.07, 6.45) is -0.603. The molecule has 0 aliphatic carbocycles. The van der Waals surface area contributed by atoms with Gasteiger partial charge in [-0.25, -0.2) is 4.79 Å². The van der Waals surface area contributed by atoms with Gasteiger partial charge in [0.25, 0.3) is 0 Å². The fourth-order valence-corrected chi connectivity index (χ4v) is 1.10. The third-order valence-electron chi connectivity index (χ3n) is 1.85. The monoisotopic (exact) mass is 192 g/mol. The Morgan fingerprint density at radius 2 is 2.00 bits per heavy atom. The first-order valence-corrected chi connectivity index (χ1v) is 4.22. The van der Waals surface area contributed by atoms with Crippen LogP contribution in [0.4, 0.5) is 0 Å². The normalized spacial score (nSPS) is 19.4. The van der Waals surface area contributed by atoms with Crippen molar-refractivity contribution in [1.29, 1.82) is 0 Å². The first-order chi connectivity index (χ1) is 6.75. The third kappa shape index (κ3) is 1.74. The van der Waals surface area contributed by atoms with Gasteiger partial charge in [0.15, 0.2) is 0 Å². The summed E-state index contributed by atoms with van der Waals surface area (Å²) in [7, 11) is 0. The smallest absolute Gasteiger partial charge is 0.353 e. The van der Waals surface area contributed by atoms with Crippen LogP contribution in [0.5, 0.6) is 5.75 Å². The molecule has 14 heavy (non-hydrogen) atoms. The summed E-state index contributed by atoms with van der Waals surface area (Å²) in [4.78, 5) is 21.7. The number of esters is 2. The SMILES string of the molecule is O=C1CC(C(=O)Oc2ccccc2)O1. The Kier molecular flexibility index (Phi) is 2.18. The molecule has 1 unspecified atom stereocenters. The molecule has 2 rings (SSSR count). The van der Waals surface area contributed by atoms with Gasteiger partial charge in [-0.2, -0.15) is 0 Å². The molecule has 1 fully saturated rings. The maximum absolute atomic E-state index is 11.2. The van der Waals surface area contributed by atoms with Crippen molar-refractivity contribution in [3.63, 3.8) is 0 Å². The first-order valence-electron chi connectivity index (χ1n) is 4.22. The summed E-state index contributed by atoms with van der Waals surface area (Å²) >= 11 is 0. The van der Waals surface area contributed by atoms with Crippen molar-refractivity contribution in [3.8, 4) is 5.75 Å². The molecule has 0 amide bonds. The van der Waals surface area contributed by atoms with Crippen LogP contribution in [0.1, 0.15) is 6.42 Å². The van der Waals surface area contributed by atoms with Crippen molar-refractivity contribution in [2.75, 3.05) is 0 Å². The molecule has 1 atom stereocenters. The van der Waals surface area contributed by atoms with Crippen LogP contribution in [-0.2, 0) is 14.3 Å². The van der Waals surface area contributed by atoms with Gasteiger partial charge in [-0.3, -0.25) is 4.79 Å². The molecule has 1 aromatic carbocycles. The van der Waals surface area contributed by atoms with Crippen molar-refractivity contribution in [2.24, 2.45) is 0 Å². The topological polar surface area (TPSA) is 52.6 Å². The number of benzene rings is 1. The maximum Gasteiger partial charge on any atom is 0.353 e. The van der Waals surface area contributed by atoms with Gasteiger partial charge < -0.3 is 9.47 Å². The van der Waals surface area contributed by atoms with Gasteiger partial charge in [-0.1, -0.05) is 18.2 Å². The highest BCUT2D eigenvalue weighted by Crippen LogP contribution is 2.17. The minimum atomic E-state index is -0.720. The molecule has 1 aliphatic heterocycles. The van der Waals surface area contributed by atoms with Gasteiger partial charge in [0, 0.05) is 0 Å². The van der Waals surface area contributed by atoms with E-state index in [0.717, 1.165) is 0 Å². The Morgan fingerprint density at radius 3 is 2.57 bits per heavy atom. The fourth-order valence-electron chi connectivity index (χ4n) is 1.10. The van der Waals surface area contributed by atoms with Gasteiger partial charge in [0.2, 0.25) is 6.10 Å². The highest BCUT2D eigenvalue weighted by atomic mass is 16.6. The lowest BCUT2D eigenvalue weighted by molar-refractivity contribution is -0.180. The van der Waals surface area contributed by atoms with Crippen molar-refractivity contribution in [2.45, 2.75) is 12.5 Å². The van der Waals surface area contributed by atoms with E-state index in [-0.39, 0.29) is 12.4 Å². The summed E-state index contributed by atoms with van der Waals surface area (Å²) in [5.74, 6) is -0.420. The quantitative estimate of drug-likeness (QED) is 0.516. The molecule has 0 N–H and O–H groups in total. The number of carbonyl (C=O) groups excluding carboxylic acids is 2. The molecule has 4 heteroatoms. The van der Waals surface area contributed by atoms with E-state index in [1.165, 1.54) is 0 Å². The van der Waals surface area contributed by atoms with E-state index in [9.17, 15) is 9.59 Å². The number of ether oxygens (including phenoxy) is 2. The van der Waals surface area contributed by atoms with Gasteiger partial charge in [0.05, 0.1) is 6.42 Å². The number of hydrogen-bond acceptors (Lipinski definition) is 4. The van der Waals surface area contributed by atoms with Gasteiger partial charge in [-0.15, -0.1) is 0 Å². The fraction of sp³-hybridized carbons (Fsp3) is 0.200. The van der Waals surface area contributed by atoms with Crippen LogP contribution < -0.4 is 4.74 Å². The van der Waals surface area contributed by atoms with E-state index in [0.29, 0.717) is 5.75 Å².